The van der Waals surface area contributed by atoms with Crippen LogP contribution in [0.3, 0.4) is 0 Å². The molecule has 0 saturated heterocycles. The first-order chi connectivity index (χ1) is 13.6. The van der Waals surface area contributed by atoms with Crippen molar-refractivity contribution in [1.82, 2.24) is 14.8 Å². The second-order valence-corrected chi connectivity index (χ2v) is 9.90. The van der Waals surface area contributed by atoms with Crippen LogP contribution in [0.25, 0.3) is 17.1 Å². The quantitative estimate of drug-likeness (QED) is 0.496. The molecule has 3 aromatic rings. The van der Waals surface area contributed by atoms with Crippen LogP contribution in [0.1, 0.15) is 5.56 Å². The van der Waals surface area contributed by atoms with E-state index in [1.54, 1.807) is 24.3 Å². The van der Waals surface area contributed by atoms with E-state index in [-0.39, 0.29) is 28.2 Å². The Morgan fingerprint density at radius 1 is 1.10 bits per heavy atom. The first kappa shape index (κ1) is 21.7. The van der Waals surface area contributed by atoms with Crippen LogP contribution in [0.5, 0.6) is 0 Å². The third-order valence-corrected chi connectivity index (χ3v) is 6.22. The molecular weight excluding hydrogens is 447 g/mol. The van der Waals surface area contributed by atoms with Gasteiger partial charge in [0.2, 0.25) is 0 Å². The Morgan fingerprint density at radius 2 is 1.83 bits per heavy atom. The van der Waals surface area contributed by atoms with Gasteiger partial charge < -0.3 is 0 Å². The second kappa shape index (κ2) is 8.37. The van der Waals surface area contributed by atoms with Gasteiger partial charge in [0.05, 0.1) is 17.0 Å². The lowest BCUT2D eigenvalue weighted by atomic mass is 10.1. The number of hydrogen-bond donors (Lipinski definition) is 0. The molecule has 1 heterocycles. The molecule has 0 fully saturated rings. The van der Waals surface area contributed by atoms with Crippen molar-refractivity contribution in [3.63, 3.8) is 0 Å². The van der Waals surface area contributed by atoms with Gasteiger partial charge in [0.25, 0.3) is 0 Å². The van der Waals surface area contributed by atoms with Crippen molar-refractivity contribution in [2.24, 2.45) is 0 Å². The van der Waals surface area contributed by atoms with Gasteiger partial charge in [-0.2, -0.15) is 13.2 Å². The van der Waals surface area contributed by atoms with Gasteiger partial charge in [0, 0.05) is 22.6 Å². The van der Waals surface area contributed by atoms with E-state index in [1.165, 1.54) is 22.8 Å². The van der Waals surface area contributed by atoms with Crippen LogP contribution >= 0.6 is 23.4 Å². The number of thioether (sulfide) groups is 1. The summed E-state index contributed by atoms with van der Waals surface area (Å²) in [7, 11) is -3.23. The molecule has 0 aliphatic rings. The fraction of sp³-hybridized carbons (Fsp3) is 0.222. The van der Waals surface area contributed by atoms with Crippen molar-refractivity contribution in [3.8, 4) is 17.1 Å². The molecule has 0 spiro atoms. The molecule has 0 N–H and O–H groups in total. The number of sulfone groups is 1. The van der Waals surface area contributed by atoms with Crippen molar-refractivity contribution in [1.29, 1.82) is 0 Å². The summed E-state index contributed by atoms with van der Waals surface area (Å²) in [6, 6.07) is 11.6. The third-order valence-electron chi connectivity index (χ3n) is 3.85. The third kappa shape index (κ3) is 5.31. The van der Waals surface area contributed by atoms with Crippen LogP contribution in [-0.2, 0) is 16.0 Å². The topological polar surface area (TPSA) is 64.8 Å². The molecule has 3 rings (SSSR count). The summed E-state index contributed by atoms with van der Waals surface area (Å²) in [5.41, 5.74) is -0.521. The van der Waals surface area contributed by atoms with Crippen molar-refractivity contribution in [3.05, 3.63) is 59.1 Å². The zero-order valence-corrected chi connectivity index (χ0v) is 17.4. The normalized spacial score (nSPS) is 12.3. The van der Waals surface area contributed by atoms with Crippen molar-refractivity contribution in [2.75, 3.05) is 17.8 Å². The molecule has 5 nitrogen and oxygen atoms in total. The number of alkyl halides is 3. The van der Waals surface area contributed by atoms with Gasteiger partial charge in [0.1, 0.15) is 9.84 Å². The minimum Gasteiger partial charge on any atom is -0.269 e. The Morgan fingerprint density at radius 3 is 2.48 bits per heavy atom. The highest BCUT2D eigenvalue weighted by Gasteiger charge is 2.35. The maximum atomic E-state index is 13.6. The predicted molar refractivity (Wildman–Crippen MR) is 107 cm³/mol. The second-order valence-electron chi connectivity index (χ2n) is 6.15. The van der Waals surface area contributed by atoms with Gasteiger partial charge in [-0.3, -0.25) is 4.57 Å². The SMILES string of the molecule is CS(=O)(=O)CCSc1nnc(-c2cccc(Cl)c2)n1-c1ccccc1C(F)(F)F. The molecule has 0 atom stereocenters. The maximum Gasteiger partial charge on any atom is 0.418 e. The molecule has 0 saturated carbocycles. The van der Waals surface area contributed by atoms with E-state index in [0.717, 1.165) is 24.1 Å². The lowest BCUT2D eigenvalue weighted by Crippen LogP contribution is -2.12. The summed E-state index contributed by atoms with van der Waals surface area (Å²) >= 11 is 7.05. The van der Waals surface area contributed by atoms with Crippen molar-refractivity contribution in [2.45, 2.75) is 11.3 Å². The van der Waals surface area contributed by atoms with Crippen LogP contribution in [-0.4, -0.2) is 40.9 Å². The van der Waals surface area contributed by atoms with E-state index in [4.69, 9.17) is 11.6 Å². The van der Waals surface area contributed by atoms with Gasteiger partial charge in [-0.1, -0.05) is 47.6 Å². The smallest absolute Gasteiger partial charge is 0.269 e. The monoisotopic (exact) mass is 461 g/mol. The molecule has 2 aromatic carbocycles. The maximum absolute atomic E-state index is 13.6. The van der Waals surface area contributed by atoms with Crippen LogP contribution in [0, 0.1) is 0 Å². The predicted octanol–water partition coefficient (Wildman–Crippen LogP) is 4.74. The van der Waals surface area contributed by atoms with Gasteiger partial charge in [-0.25, -0.2) is 8.42 Å². The molecule has 0 unspecified atom stereocenters. The molecule has 0 aliphatic heterocycles. The van der Waals surface area contributed by atoms with Crippen molar-refractivity contribution < 1.29 is 21.6 Å². The van der Waals surface area contributed by atoms with E-state index in [2.05, 4.69) is 10.2 Å². The van der Waals surface area contributed by atoms with E-state index < -0.39 is 21.6 Å². The molecule has 0 aliphatic carbocycles. The minimum absolute atomic E-state index is 0.126. The van der Waals surface area contributed by atoms with Crippen LogP contribution < -0.4 is 0 Å². The number of benzene rings is 2. The first-order valence-corrected chi connectivity index (χ1v) is 11.7. The summed E-state index contributed by atoms with van der Waals surface area (Å²) < 4.78 is 64.9. The number of rotatable bonds is 6. The first-order valence-electron chi connectivity index (χ1n) is 8.25. The Labute approximate surface area is 174 Å². The highest BCUT2D eigenvalue weighted by Crippen LogP contribution is 2.37. The van der Waals surface area contributed by atoms with Gasteiger partial charge >= 0.3 is 6.18 Å². The van der Waals surface area contributed by atoms with E-state index in [9.17, 15) is 21.6 Å². The highest BCUT2D eigenvalue weighted by molar-refractivity contribution is 8.00. The number of aromatic nitrogens is 3. The van der Waals surface area contributed by atoms with E-state index in [1.807, 2.05) is 0 Å². The number of halogens is 4. The molecule has 0 radical (unpaired) electrons. The Bertz CT molecular complexity index is 1130. The van der Waals surface area contributed by atoms with E-state index in [0.29, 0.717) is 10.6 Å². The fourth-order valence-electron chi connectivity index (χ4n) is 2.59. The zero-order chi connectivity index (χ0) is 21.2. The van der Waals surface area contributed by atoms with Crippen LogP contribution in [0.15, 0.2) is 53.7 Å². The average Bonchev–Trinajstić information content (AvgIpc) is 3.03. The summed E-state index contributed by atoms with van der Waals surface area (Å²) in [5.74, 6) is 0.157. The molecule has 154 valence electrons. The molecule has 11 heteroatoms. The Hall–Kier alpha value is -2.04. The standard InChI is InChI=1S/C18H15ClF3N3O2S2/c1-29(26,27)10-9-28-17-24-23-16(12-5-4-6-13(19)11-12)25(17)15-8-3-2-7-14(15)18(20,21)22/h2-8,11H,9-10H2,1H3. The fourth-order valence-corrected chi connectivity index (χ4v) is 4.92. The van der Waals surface area contributed by atoms with E-state index >= 15 is 0 Å². The van der Waals surface area contributed by atoms with Crippen LogP contribution in [0.2, 0.25) is 5.02 Å². The summed E-state index contributed by atoms with van der Waals surface area (Å²) in [6.45, 7) is 0. The van der Waals surface area contributed by atoms with Gasteiger partial charge in [0.15, 0.2) is 11.0 Å². The summed E-state index contributed by atoms with van der Waals surface area (Å²) in [6.07, 6.45) is -3.50. The molecular formula is C18H15ClF3N3O2S2. The number of hydrogen-bond acceptors (Lipinski definition) is 5. The molecule has 0 amide bonds. The molecule has 29 heavy (non-hydrogen) atoms. The number of nitrogens with zero attached hydrogens (tertiary/aromatic N) is 3. The van der Waals surface area contributed by atoms with Crippen LogP contribution in [0.4, 0.5) is 13.2 Å². The lowest BCUT2D eigenvalue weighted by Gasteiger charge is -2.16. The summed E-state index contributed by atoms with van der Waals surface area (Å²) in [5, 5.41) is 8.62. The van der Waals surface area contributed by atoms with Crippen molar-refractivity contribution >= 4 is 33.2 Å². The molecule has 0 bridgehead atoms. The van der Waals surface area contributed by atoms with Gasteiger partial charge in [-0.05, 0) is 24.3 Å². The largest absolute Gasteiger partial charge is 0.418 e. The number of para-hydroxylation sites is 1. The average molecular weight is 462 g/mol. The lowest BCUT2D eigenvalue weighted by molar-refractivity contribution is -0.137. The minimum atomic E-state index is -4.60. The Kier molecular flexibility index (Phi) is 6.25. The Balaban J connectivity index is 2.16. The molecule has 1 aromatic heterocycles. The zero-order valence-electron chi connectivity index (χ0n) is 15.0. The van der Waals surface area contributed by atoms with Gasteiger partial charge in [-0.15, -0.1) is 10.2 Å². The highest BCUT2D eigenvalue weighted by atomic mass is 35.5. The summed E-state index contributed by atoms with van der Waals surface area (Å²) in [4.78, 5) is 0.